The molecule has 1 aliphatic carbocycles. The molecule has 6 aromatic rings. The Hall–Kier alpha value is -4.86. The van der Waals surface area contributed by atoms with Gasteiger partial charge in [-0.1, -0.05) is 6.42 Å². The third-order valence-corrected chi connectivity index (χ3v) is 10.2. The first-order valence-corrected chi connectivity index (χ1v) is 16.2. The summed E-state index contributed by atoms with van der Waals surface area (Å²) in [6, 6.07) is 6.03. The number of nitrogens with one attached hydrogen (secondary N) is 2. The molecule has 0 spiro atoms. The molecule has 6 heterocycles. The van der Waals surface area contributed by atoms with Gasteiger partial charge in [0.1, 0.15) is 24.2 Å². The first kappa shape index (κ1) is 28.6. The molecule has 1 amide bonds. The quantitative estimate of drug-likeness (QED) is 0.201. The maximum absolute atomic E-state index is 13.1. The second-order valence-electron chi connectivity index (χ2n) is 11.9. The molecule has 0 bridgehead atoms. The molecule has 7 N–H and O–H groups in total. The Morgan fingerprint density at radius 1 is 1.20 bits per heavy atom. The molecule has 5 aromatic heterocycles. The van der Waals surface area contributed by atoms with E-state index in [0.29, 0.717) is 36.1 Å². The summed E-state index contributed by atoms with van der Waals surface area (Å²) in [7, 11) is 0. The average molecular weight is 642 g/mol. The fourth-order valence-corrected chi connectivity index (χ4v) is 7.85. The highest BCUT2D eigenvalue weighted by molar-refractivity contribution is 7.22. The van der Waals surface area contributed by atoms with E-state index in [-0.39, 0.29) is 29.5 Å². The minimum Gasteiger partial charge on any atom is -0.459 e. The number of morpholine rings is 1. The van der Waals surface area contributed by atoms with Gasteiger partial charge in [0.05, 0.1) is 46.4 Å². The summed E-state index contributed by atoms with van der Waals surface area (Å²) in [5, 5.41) is 21.1. The summed E-state index contributed by atoms with van der Waals surface area (Å²) < 4.78 is 13.8. The number of aromatic amines is 1. The minimum absolute atomic E-state index is 0.130. The van der Waals surface area contributed by atoms with Crippen LogP contribution in [0.3, 0.4) is 0 Å². The van der Waals surface area contributed by atoms with Gasteiger partial charge >= 0.3 is 0 Å². The van der Waals surface area contributed by atoms with E-state index in [2.05, 4.69) is 36.3 Å². The predicted molar refractivity (Wildman–Crippen MR) is 173 cm³/mol. The smallest absolute Gasteiger partial charge is 0.254 e. The number of quaternary nitrogens is 1. The number of carbonyl (C=O) groups excluding carboxylic acids is 1. The van der Waals surface area contributed by atoms with Crippen molar-refractivity contribution in [1.29, 1.82) is 0 Å². The van der Waals surface area contributed by atoms with E-state index in [0.717, 1.165) is 76.1 Å². The minimum atomic E-state index is -0.641. The van der Waals surface area contributed by atoms with E-state index in [1.165, 1.54) is 17.7 Å². The van der Waals surface area contributed by atoms with E-state index >= 15 is 0 Å². The number of rotatable bonds is 7. The van der Waals surface area contributed by atoms with Crippen LogP contribution < -0.4 is 27.1 Å². The molecule has 0 radical (unpaired) electrons. The van der Waals surface area contributed by atoms with Crippen LogP contribution in [0.15, 0.2) is 46.2 Å². The number of anilines is 2. The molecule has 1 saturated carbocycles. The topological polar surface area (TPSA) is 197 Å². The average Bonchev–Trinajstić information content (AvgIpc) is 3.83. The molecule has 2 aliphatic rings. The van der Waals surface area contributed by atoms with Crippen molar-refractivity contribution in [3.63, 3.8) is 0 Å². The summed E-state index contributed by atoms with van der Waals surface area (Å²) in [6.45, 7) is 2.68. The largest absolute Gasteiger partial charge is 0.459 e. The van der Waals surface area contributed by atoms with Crippen molar-refractivity contribution in [2.24, 2.45) is 5.73 Å². The van der Waals surface area contributed by atoms with E-state index in [9.17, 15) is 9.59 Å². The zero-order valence-electron chi connectivity index (χ0n) is 25.0. The molecule has 236 valence electrons. The van der Waals surface area contributed by atoms with Gasteiger partial charge < -0.3 is 30.8 Å². The summed E-state index contributed by atoms with van der Waals surface area (Å²) in [6.07, 6.45) is 9.45. The Morgan fingerprint density at radius 2 is 2.04 bits per heavy atom. The van der Waals surface area contributed by atoms with Crippen molar-refractivity contribution in [2.45, 2.75) is 44.2 Å². The van der Waals surface area contributed by atoms with Gasteiger partial charge in [-0.2, -0.15) is 5.10 Å². The molecule has 1 aliphatic heterocycles. The highest BCUT2D eigenvalue weighted by atomic mass is 32.1. The lowest BCUT2D eigenvalue weighted by Crippen LogP contribution is -2.68. The Balaban J connectivity index is 1.24. The van der Waals surface area contributed by atoms with Crippen LogP contribution in [-0.2, 0) is 11.2 Å². The Labute approximate surface area is 265 Å². The molecule has 2 fully saturated rings. The molecule has 14 nitrogen and oxygen atoms in total. The molecule has 0 unspecified atom stereocenters. The number of H-pyrrole nitrogens is 1. The van der Waals surface area contributed by atoms with Gasteiger partial charge in [0.2, 0.25) is 11.4 Å². The van der Waals surface area contributed by atoms with Crippen molar-refractivity contribution < 1.29 is 19.7 Å². The van der Waals surface area contributed by atoms with E-state index in [1.807, 2.05) is 12.1 Å². The predicted octanol–water partition coefficient (Wildman–Crippen LogP) is 2.33. The number of hydrogen-bond donors (Lipinski definition) is 4. The standard InChI is InChI=1S/C31H32N10O4S/c32-20-3-1-2-4-21(20)36-31-37-22(25(29(33)43)30-39-35-15-41(30)31)11-17-9-16(10-18-13-34-38-26(17)18)19-14-45-27-23(42)12-24(46-28(19)27)40-5-7-44-8-6-40/h9-10,12-15,20-21H,1-8,11,32H2,(H2,33,43)(H,34,38)(H,36,37)/p+1/t20-,21+/m1/s1. The lowest BCUT2D eigenvalue weighted by atomic mass is 9.91. The lowest BCUT2D eigenvalue weighted by Gasteiger charge is -2.27. The van der Waals surface area contributed by atoms with E-state index in [1.54, 1.807) is 22.9 Å². The van der Waals surface area contributed by atoms with Crippen molar-refractivity contribution in [3.8, 4) is 11.1 Å². The van der Waals surface area contributed by atoms with E-state index in [4.69, 9.17) is 19.9 Å². The number of nitrogens with zero attached hydrogens (tertiary/aromatic N) is 6. The number of hydrogen-bond acceptors (Lipinski definition) is 11. The summed E-state index contributed by atoms with van der Waals surface area (Å²) in [5.41, 5.74) is 14.8. The number of fused-ring (bicyclic) bond motifs is 3. The number of nitrogens with two attached hydrogens (primary N) is 1. The van der Waals surface area contributed by atoms with Crippen molar-refractivity contribution in [2.75, 3.05) is 36.5 Å². The van der Waals surface area contributed by atoms with Crippen molar-refractivity contribution in [3.05, 3.63) is 64.0 Å². The number of amides is 1. The van der Waals surface area contributed by atoms with Gasteiger partial charge in [-0.25, -0.2) is 4.98 Å². The highest BCUT2D eigenvalue weighted by Crippen LogP contribution is 2.38. The van der Waals surface area contributed by atoms with Gasteiger partial charge in [0.15, 0.2) is 11.2 Å². The normalized spacial score (nSPS) is 18.9. The number of furan rings is 1. The Kier molecular flexibility index (Phi) is 7.15. The van der Waals surface area contributed by atoms with Crippen LogP contribution in [-0.4, -0.2) is 74.1 Å². The first-order valence-electron chi connectivity index (χ1n) is 15.4. The zero-order valence-corrected chi connectivity index (χ0v) is 25.8. The maximum Gasteiger partial charge on any atom is 0.254 e. The third-order valence-electron chi connectivity index (χ3n) is 9.05. The molecule has 8 rings (SSSR count). The van der Waals surface area contributed by atoms with Crippen LogP contribution in [0.2, 0.25) is 0 Å². The fraction of sp³-hybridized carbons (Fsp3) is 0.355. The van der Waals surface area contributed by atoms with Crippen molar-refractivity contribution in [1.82, 2.24) is 29.8 Å². The SMILES string of the molecule is NC(=O)c1c(Cc2cc(-c3coc4c(=O)cc(N5CCOCC5)sc34)cc3cn[nH]c23)nc(N[C@H]2CCCC[C@H]2[NH3+])n2cnnc12. The molecular weight excluding hydrogens is 608 g/mol. The van der Waals surface area contributed by atoms with Crippen LogP contribution in [0.5, 0.6) is 0 Å². The molecule has 1 saturated heterocycles. The van der Waals surface area contributed by atoms with Gasteiger partial charge in [-0.3, -0.25) is 19.1 Å². The number of primary amides is 1. The van der Waals surface area contributed by atoms with Crippen LogP contribution in [0.4, 0.5) is 10.9 Å². The van der Waals surface area contributed by atoms with Gasteiger partial charge in [-0.15, -0.1) is 21.5 Å². The van der Waals surface area contributed by atoms with Crippen molar-refractivity contribution >= 4 is 55.0 Å². The molecule has 1 aromatic carbocycles. The molecular formula is C31H33N10O4S+. The molecule has 46 heavy (non-hydrogen) atoms. The van der Waals surface area contributed by atoms with Gasteiger partial charge in [0.25, 0.3) is 5.91 Å². The Bertz CT molecular complexity index is 2160. The second-order valence-corrected chi connectivity index (χ2v) is 13.0. The second kappa shape index (κ2) is 11.5. The summed E-state index contributed by atoms with van der Waals surface area (Å²) in [5.74, 6) is -0.100. The molecule has 15 heteroatoms. The third kappa shape index (κ3) is 4.96. The van der Waals surface area contributed by atoms with Gasteiger partial charge in [0, 0.05) is 42.9 Å². The number of carbonyl (C=O) groups is 1. The zero-order chi connectivity index (χ0) is 31.4. The van der Waals surface area contributed by atoms with Crippen LogP contribution >= 0.6 is 11.3 Å². The highest BCUT2D eigenvalue weighted by Gasteiger charge is 2.28. The number of ether oxygens (including phenoxy) is 1. The van der Waals surface area contributed by atoms with Crippen LogP contribution in [0.1, 0.15) is 47.3 Å². The fourth-order valence-electron chi connectivity index (χ4n) is 6.65. The van der Waals surface area contributed by atoms with E-state index < -0.39 is 5.91 Å². The summed E-state index contributed by atoms with van der Waals surface area (Å²) >= 11 is 1.53. The Morgan fingerprint density at radius 3 is 2.87 bits per heavy atom. The number of aromatic nitrogens is 6. The maximum atomic E-state index is 13.1. The van der Waals surface area contributed by atoms with Gasteiger partial charge in [-0.05, 0) is 36.1 Å². The monoisotopic (exact) mass is 641 g/mol. The molecule has 2 atom stereocenters. The van der Waals surface area contributed by atoms with Crippen LogP contribution in [0.25, 0.3) is 38.0 Å². The first-order chi connectivity index (χ1) is 22.4. The number of benzene rings is 1. The summed E-state index contributed by atoms with van der Waals surface area (Å²) in [4.78, 5) is 33.1. The lowest BCUT2D eigenvalue weighted by molar-refractivity contribution is -0.427. The van der Waals surface area contributed by atoms with Crippen LogP contribution in [0, 0.1) is 0 Å².